The van der Waals surface area contributed by atoms with Crippen molar-refractivity contribution in [2.45, 2.75) is 37.6 Å². The van der Waals surface area contributed by atoms with E-state index in [0.29, 0.717) is 0 Å². The lowest BCUT2D eigenvalue weighted by Gasteiger charge is -2.19. The molecule has 9 aromatic rings. The van der Waals surface area contributed by atoms with Crippen molar-refractivity contribution in [1.82, 2.24) is 16.0 Å². The van der Waals surface area contributed by atoms with Crippen molar-refractivity contribution in [2.24, 2.45) is 0 Å². The molecule has 0 fully saturated rings. The molecule has 0 amide bonds. The third-order valence-electron chi connectivity index (χ3n) is 10.6. The van der Waals surface area contributed by atoms with Gasteiger partial charge < -0.3 is 30.2 Å². The van der Waals surface area contributed by atoms with Crippen molar-refractivity contribution < 1.29 is 14.2 Å². The molecule has 3 aromatic heterocycles. The Labute approximate surface area is 384 Å². The Morgan fingerprint density at radius 3 is 0.905 bits per heavy atom. The second kappa shape index (κ2) is 24.4. The SMILES string of the molecule is CNCC[C@H](Oc1cccc2ccccc12)c1cccs1.CNCC[C@H](Oc1cccc2ccccc12)c1cccs1.CNCC[C@H](Oc1cccc2ccccc12)c1cccs1. The molecule has 3 atom stereocenters. The van der Waals surface area contributed by atoms with E-state index in [2.05, 4.69) is 196 Å². The molecule has 9 heteroatoms. The van der Waals surface area contributed by atoms with Crippen LogP contribution in [-0.4, -0.2) is 40.8 Å². The molecule has 0 unspecified atom stereocenters. The summed E-state index contributed by atoms with van der Waals surface area (Å²) in [6.45, 7) is 2.81. The van der Waals surface area contributed by atoms with E-state index in [1.54, 1.807) is 34.0 Å². The van der Waals surface area contributed by atoms with Crippen LogP contribution in [0.5, 0.6) is 17.2 Å². The Kier molecular flexibility index (Phi) is 17.6. The molecule has 63 heavy (non-hydrogen) atoms. The molecule has 0 aliphatic heterocycles. The normalized spacial score (nSPS) is 12.4. The highest BCUT2D eigenvalue weighted by atomic mass is 32.1. The maximum atomic E-state index is 6.34. The van der Waals surface area contributed by atoms with Gasteiger partial charge in [-0.3, -0.25) is 0 Å². The van der Waals surface area contributed by atoms with E-state index >= 15 is 0 Å². The summed E-state index contributed by atoms with van der Waals surface area (Å²) in [6.07, 6.45) is 3.18. The van der Waals surface area contributed by atoms with Gasteiger partial charge in [-0.15, -0.1) is 34.0 Å². The van der Waals surface area contributed by atoms with Crippen LogP contribution in [0, 0.1) is 0 Å². The van der Waals surface area contributed by atoms with Crippen LogP contribution < -0.4 is 30.2 Å². The smallest absolute Gasteiger partial charge is 0.134 e. The monoisotopic (exact) mass is 891 g/mol. The standard InChI is InChI=1S/3C18H19NOS/c3*1-19-12-11-17(18-10-5-13-21-18)20-16-9-4-7-14-6-2-3-8-15(14)16/h3*2-10,13,17,19H,11-12H2,1H3/t3*17-/m000/s1. The number of benzene rings is 6. The Morgan fingerprint density at radius 2 is 0.635 bits per heavy atom. The van der Waals surface area contributed by atoms with Crippen LogP contribution in [0.2, 0.25) is 0 Å². The van der Waals surface area contributed by atoms with Crippen molar-refractivity contribution in [3.63, 3.8) is 0 Å². The number of hydrogen-bond donors (Lipinski definition) is 3. The van der Waals surface area contributed by atoms with Gasteiger partial charge in [-0.25, -0.2) is 0 Å². The largest absolute Gasteiger partial charge is 0.484 e. The van der Waals surface area contributed by atoms with E-state index in [9.17, 15) is 0 Å². The van der Waals surface area contributed by atoms with E-state index in [-0.39, 0.29) is 18.3 Å². The van der Waals surface area contributed by atoms with Gasteiger partial charge in [0, 0.05) is 50.1 Å². The summed E-state index contributed by atoms with van der Waals surface area (Å²) < 4.78 is 19.0. The molecular formula is C54H57N3O3S3. The van der Waals surface area contributed by atoms with Crippen molar-refractivity contribution in [3.05, 3.63) is 195 Å². The van der Waals surface area contributed by atoms with E-state index in [0.717, 1.165) is 56.1 Å². The zero-order chi connectivity index (χ0) is 43.5. The molecule has 0 radical (unpaired) electrons. The minimum atomic E-state index is 0.100. The maximum absolute atomic E-state index is 6.34. The average Bonchev–Trinajstić information content (AvgIpc) is 4.18. The summed E-state index contributed by atoms with van der Waals surface area (Å²) in [7, 11) is 5.93. The first-order valence-electron chi connectivity index (χ1n) is 21.6. The van der Waals surface area contributed by atoms with Gasteiger partial charge in [0.15, 0.2) is 0 Å². The van der Waals surface area contributed by atoms with Crippen LogP contribution in [0.3, 0.4) is 0 Å². The molecule has 9 rings (SSSR count). The minimum absolute atomic E-state index is 0.100. The number of hydrogen-bond acceptors (Lipinski definition) is 9. The van der Waals surface area contributed by atoms with Crippen LogP contribution >= 0.6 is 34.0 Å². The number of ether oxygens (including phenoxy) is 3. The summed E-state index contributed by atoms with van der Waals surface area (Å²) in [6, 6.07) is 56.5. The molecule has 0 aliphatic rings. The molecule has 0 bridgehead atoms. The Morgan fingerprint density at radius 1 is 0.349 bits per heavy atom. The molecule has 0 spiro atoms. The quantitative estimate of drug-likeness (QED) is 0.0798. The molecule has 0 aliphatic carbocycles. The second-order valence-corrected chi connectivity index (χ2v) is 17.9. The number of nitrogens with one attached hydrogen (secondary N) is 3. The van der Waals surface area contributed by atoms with Crippen LogP contribution in [0.25, 0.3) is 32.3 Å². The highest BCUT2D eigenvalue weighted by Gasteiger charge is 2.18. The van der Waals surface area contributed by atoms with Crippen molar-refractivity contribution >= 4 is 66.3 Å². The lowest BCUT2D eigenvalue weighted by molar-refractivity contribution is 0.201. The van der Waals surface area contributed by atoms with Gasteiger partial charge >= 0.3 is 0 Å². The predicted molar refractivity (Wildman–Crippen MR) is 271 cm³/mol. The third-order valence-corrected chi connectivity index (χ3v) is 13.5. The lowest BCUT2D eigenvalue weighted by atomic mass is 10.1. The Hall–Kier alpha value is -5.52. The van der Waals surface area contributed by atoms with Crippen molar-refractivity contribution in [3.8, 4) is 17.2 Å². The zero-order valence-electron chi connectivity index (χ0n) is 36.2. The number of fused-ring (bicyclic) bond motifs is 3. The predicted octanol–water partition coefficient (Wildman–Crippen LogP) is 13.9. The van der Waals surface area contributed by atoms with Crippen LogP contribution in [0.15, 0.2) is 180 Å². The highest BCUT2D eigenvalue weighted by Crippen LogP contribution is 2.35. The first-order chi connectivity index (χ1) is 31.1. The summed E-state index contributed by atoms with van der Waals surface area (Å²) in [5.41, 5.74) is 0. The van der Waals surface area contributed by atoms with Gasteiger partial charge in [0.2, 0.25) is 0 Å². The summed E-state index contributed by atoms with van der Waals surface area (Å²) in [4.78, 5) is 3.83. The van der Waals surface area contributed by atoms with Gasteiger partial charge in [-0.2, -0.15) is 0 Å². The molecule has 0 saturated heterocycles. The van der Waals surface area contributed by atoms with Gasteiger partial charge in [0.1, 0.15) is 35.6 Å². The Balaban J connectivity index is 0.000000142. The second-order valence-electron chi connectivity index (χ2n) is 15.0. The van der Waals surface area contributed by atoms with Crippen molar-refractivity contribution in [1.29, 1.82) is 0 Å². The third kappa shape index (κ3) is 12.8. The fourth-order valence-corrected chi connectivity index (χ4v) is 9.75. The average molecular weight is 892 g/mol. The lowest BCUT2D eigenvalue weighted by Crippen LogP contribution is -2.15. The molecule has 6 aromatic carbocycles. The van der Waals surface area contributed by atoms with E-state index in [1.165, 1.54) is 46.9 Å². The number of thiophene rings is 3. The van der Waals surface area contributed by atoms with Crippen LogP contribution in [0.1, 0.15) is 52.2 Å². The fourth-order valence-electron chi connectivity index (χ4n) is 7.38. The summed E-state index contributed by atoms with van der Waals surface area (Å²) >= 11 is 5.26. The topological polar surface area (TPSA) is 63.8 Å². The Bertz CT molecular complexity index is 2360. The van der Waals surface area contributed by atoms with Gasteiger partial charge in [-0.1, -0.05) is 127 Å². The highest BCUT2D eigenvalue weighted by molar-refractivity contribution is 7.10. The molecule has 0 saturated carbocycles. The first kappa shape index (κ1) is 45.5. The molecule has 3 heterocycles. The van der Waals surface area contributed by atoms with E-state index in [4.69, 9.17) is 14.2 Å². The summed E-state index contributed by atoms with van der Waals surface area (Å²) in [5, 5.41) is 23.1. The first-order valence-corrected chi connectivity index (χ1v) is 24.3. The fraction of sp³-hybridized carbons (Fsp3) is 0.222. The number of rotatable bonds is 18. The zero-order valence-corrected chi connectivity index (χ0v) is 38.7. The van der Waals surface area contributed by atoms with Gasteiger partial charge in [-0.05, 0) is 109 Å². The molecule has 324 valence electrons. The maximum Gasteiger partial charge on any atom is 0.134 e. The van der Waals surface area contributed by atoms with Crippen LogP contribution in [-0.2, 0) is 0 Å². The van der Waals surface area contributed by atoms with Crippen LogP contribution in [0.4, 0.5) is 0 Å². The molecular weight excluding hydrogens is 835 g/mol. The van der Waals surface area contributed by atoms with Gasteiger partial charge in [0.25, 0.3) is 0 Å². The molecule has 6 nitrogen and oxygen atoms in total. The summed E-state index contributed by atoms with van der Waals surface area (Å²) in [5.74, 6) is 2.88. The molecule has 3 N–H and O–H groups in total. The van der Waals surface area contributed by atoms with E-state index < -0.39 is 0 Å². The van der Waals surface area contributed by atoms with E-state index in [1.807, 2.05) is 21.1 Å². The van der Waals surface area contributed by atoms with Gasteiger partial charge in [0.05, 0.1) is 0 Å². The van der Waals surface area contributed by atoms with Crippen molar-refractivity contribution in [2.75, 3.05) is 40.8 Å². The minimum Gasteiger partial charge on any atom is -0.484 e.